The van der Waals surface area contributed by atoms with E-state index in [-0.39, 0.29) is 10.6 Å². The normalized spacial score (nSPS) is 11.1. The Labute approximate surface area is 153 Å². The molecule has 0 aromatic heterocycles. The fourth-order valence-electron chi connectivity index (χ4n) is 2.57. The van der Waals surface area contributed by atoms with E-state index in [0.29, 0.717) is 5.02 Å². The van der Waals surface area contributed by atoms with Crippen LogP contribution in [0, 0.1) is 0 Å². The highest BCUT2D eigenvalue weighted by Crippen LogP contribution is 2.24. The molecule has 0 fully saturated rings. The van der Waals surface area contributed by atoms with E-state index in [4.69, 9.17) is 11.6 Å². The van der Waals surface area contributed by atoms with E-state index in [9.17, 15) is 8.42 Å². The highest BCUT2D eigenvalue weighted by atomic mass is 35.5. The molecule has 25 heavy (non-hydrogen) atoms. The van der Waals surface area contributed by atoms with Crippen molar-refractivity contribution in [2.24, 2.45) is 0 Å². The molecule has 0 spiro atoms. The van der Waals surface area contributed by atoms with E-state index >= 15 is 0 Å². The number of rotatable bonds is 5. The molecule has 3 rings (SSSR count). The van der Waals surface area contributed by atoms with E-state index in [1.807, 2.05) is 60.7 Å². The first-order chi connectivity index (χ1) is 12.1. The Bertz CT molecular complexity index is 920. The van der Waals surface area contributed by atoms with Gasteiger partial charge in [-0.05, 0) is 41.0 Å². The largest absolute Gasteiger partial charge is 0.223 e. The van der Waals surface area contributed by atoms with Crippen molar-refractivity contribution in [3.8, 4) is 0 Å². The van der Waals surface area contributed by atoms with Crippen LogP contribution in [0.15, 0.2) is 95.9 Å². The van der Waals surface area contributed by atoms with Crippen LogP contribution < -0.4 is 0 Å². The number of halogens is 1. The zero-order valence-corrected chi connectivity index (χ0v) is 15.0. The smallest absolute Gasteiger partial charge is 0.181 e. The molecular weight excluding hydrogens is 352 g/mol. The summed E-state index contributed by atoms with van der Waals surface area (Å²) in [5, 5.41) is 0.517. The van der Waals surface area contributed by atoms with Crippen LogP contribution in [0.25, 0.3) is 5.57 Å². The quantitative estimate of drug-likeness (QED) is 0.616. The summed E-state index contributed by atoms with van der Waals surface area (Å²) in [5.41, 5.74) is 2.87. The van der Waals surface area contributed by atoms with Crippen molar-refractivity contribution in [1.29, 1.82) is 0 Å². The Morgan fingerprint density at radius 2 is 1.24 bits per heavy atom. The van der Waals surface area contributed by atoms with Crippen molar-refractivity contribution >= 4 is 27.0 Å². The zero-order chi connectivity index (χ0) is 17.7. The summed E-state index contributed by atoms with van der Waals surface area (Å²) >= 11 is 5.84. The second-order valence-corrected chi connectivity index (χ2v) is 8.06. The zero-order valence-electron chi connectivity index (χ0n) is 13.5. The van der Waals surface area contributed by atoms with Gasteiger partial charge in [0.15, 0.2) is 9.84 Å². The number of sulfone groups is 1. The van der Waals surface area contributed by atoms with Crippen LogP contribution in [0.2, 0.25) is 5.02 Å². The van der Waals surface area contributed by atoms with Crippen molar-refractivity contribution in [3.63, 3.8) is 0 Å². The third-order valence-corrected chi connectivity index (χ3v) is 5.70. The van der Waals surface area contributed by atoms with Crippen LogP contribution >= 0.6 is 11.6 Å². The fraction of sp³-hybridized carbons (Fsp3) is 0.0476. The molecule has 0 amide bonds. The van der Waals surface area contributed by atoms with Gasteiger partial charge in [-0.3, -0.25) is 0 Å². The predicted molar refractivity (Wildman–Crippen MR) is 103 cm³/mol. The van der Waals surface area contributed by atoms with Gasteiger partial charge in [0.05, 0.1) is 10.6 Å². The third kappa shape index (κ3) is 4.38. The summed E-state index contributed by atoms with van der Waals surface area (Å²) in [6.45, 7) is 0. The van der Waals surface area contributed by atoms with Gasteiger partial charge in [0.1, 0.15) is 0 Å². The Morgan fingerprint density at radius 3 is 1.72 bits per heavy atom. The first-order valence-electron chi connectivity index (χ1n) is 7.85. The van der Waals surface area contributed by atoms with E-state index in [1.54, 1.807) is 18.2 Å². The molecule has 0 saturated heterocycles. The van der Waals surface area contributed by atoms with Gasteiger partial charge in [0.25, 0.3) is 0 Å². The maximum atomic E-state index is 12.6. The van der Waals surface area contributed by atoms with Crippen molar-refractivity contribution in [3.05, 3.63) is 107 Å². The van der Waals surface area contributed by atoms with Crippen LogP contribution in [0.4, 0.5) is 0 Å². The molecule has 0 unspecified atom stereocenters. The van der Waals surface area contributed by atoms with E-state index in [2.05, 4.69) is 0 Å². The lowest BCUT2D eigenvalue weighted by Crippen LogP contribution is -2.05. The molecule has 0 atom stereocenters. The van der Waals surface area contributed by atoms with Crippen molar-refractivity contribution < 1.29 is 8.42 Å². The maximum Gasteiger partial charge on any atom is 0.181 e. The van der Waals surface area contributed by atoms with E-state index in [1.165, 1.54) is 12.1 Å². The summed E-state index contributed by atoms with van der Waals surface area (Å²) < 4.78 is 25.2. The first-order valence-corrected chi connectivity index (χ1v) is 9.89. The molecule has 2 nitrogen and oxygen atoms in total. The lowest BCUT2D eigenvalue weighted by Gasteiger charge is -2.09. The summed E-state index contributed by atoms with van der Waals surface area (Å²) in [6.07, 6.45) is 1.77. The van der Waals surface area contributed by atoms with E-state index in [0.717, 1.165) is 16.7 Å². The standard InChI is InChI=1S/C21H17ClO2S/c22-19-11-13-20(14-12-19)25(23,24)16-15-21(17-7-3-1-4-8-17)18-9-5-2-6-10-18/h1-15H,16H2. The predicted octanol–water partition coefficient (Wildman–Crippen LogP) is 5.25. The van der Waals surface area contributed by atoms with Crippen LogP contribution in [0.5, 0.6) is 0 Å². The van der Waals surface area contributed by atoms with Crippen LogP contribution in [0.1, 0.15) is 11.1 Å². The lowest BCUT2D eigenvalue weighted by atomic mass is 9.98. The molecule has 126 valence electrons. The van der Waals surface area contributed by atoms with Gasteiger partial charge < -0.3 is 0 Å². The second kappa shape index (κ2) is 7.68. The number of hydrogen-bond donors (Lipinski definition) is 0. The van der Waals surface area contributed by atoms with Gasteiger partial charge in [-0.1, -0.05) is 78.3 Å². The Morgan fingerprint density at radius 1 is 0.760 bits per heavy atom. The van der Waals surface area contributed by atoms with Crippen LogP contribution in [-0.4, -0.2) is 14.2 Å². The monoisotopic (exact) mass is 368 g/mol. The minimum absolute atomic E-state index is 0.0756. The molecule has 0 saturated carbocycles. The molecule has 0 aliphatic heterocycles. The minimum atomic E-state index is -3.42. The van der Waals surface area contributed by atoms with Gasteiger partial charge in [0.2, 0.25) is 0 Å². The fourth-order valence-corrected chi connectivity index (χ4v) is 3.82. The van der Waals surface area contributed by atoms with Gasteiger partial charge in [-0.25, -0.2) is 8.42 Å². The van der Waals surface area contributed by atoms with Crippen molar-refractivity contribution in [2.45, 2.75) is 4.90 Å². The molecule has 0 radical (unpaired) electrons. The second-order valence-electron chi connectivity index (χ2n) is 5.59. The highest BCUT2D eigenvalue weighted by Gasteiger charge is 2.14. The molecule has 0 heterocycles. The van der Waals surface area contributed by atoms with Gasteiger partial charge in [0, 0.05) is 5.02 Å². The van der Waals surface area contributed by atoms with Crippen LogP contribution in [0.3, 0.4) is 0 Å². The van der Waals surface area contributed by atoms with Crippen LogP contribution in [-0.2, 0) is 9.84 Å². The topological polar surface area (TPSA) is 34.1 Å². The third-order valence-electron chi connectivity index (χ3n) is 3.85. The summed E-state index contributed by atoms with van der Waals surface area (Å²) in [5.74, 6) is -0.0756. The SMILES string of the molecule is O=S(=O)(CC=C(c1ccccc1)c1ccccc1)c1ccc(Cl)cc1. The Kier molecular flexibility index (Phi) is 5.37. The van der Waals surface area contributed by atoms with Gasteiger partial charge in [-0.15, -0.1) is 0 Å². The van der Waals surface area contributed by atoms with Gasteiger partial charge in [-0.2, -0.15) is 0 Å². The number of benzene rings is 3. The summed E-state index contributed by atoms with van der Waals surface area (Å²) in [6, 6.07) is 25.8. The highest BCUT2D eigenvalue weighted by molar-refractivity contribution is 7.91. The molecule has 3 aromatic carbocycles. The molecule has 0 aliphatic carbocycles. The molecule has 0 N–H and O–H groups in total. The van der Waals surface area contributed by atoms with Gasteiger partial charge >= 0.3 is 0 Å². The van der Waals surface area contributed by atoms with Crippen molar-refractivity contribution in [2.75, 3.05) is 5.75 Å². The maximum absolute atomic E-state index is 12.6. The molecular formula is C21H17ClO2S. The average molecular weight is 369 g/mol. The minimum Gasteiger partial charge on any atom is -0.223 e. The summed E-state index contributed by atoms with van der Waals surface area (Å²) in [4.78, 5) is 0.272. The molecule has 0 aliphatic rings. The summed E-state index contributed by atoms with van der Waals surface area (Å²) in [7, 11) is -3.42. The first kappa shape index (κ1) is 17.5. The van der Waals surface area contributed by atoms with E-state index < -0.39 is 9.84 Å². The average Bonchev–Trinajstić information content (AvgIpc) is 2.64. The van der Waals surface area contributed by atoms with Crippen molar-refractivity contribution in [1.82, 2.24) is 0 Å². The molecule has 0 bridgehead atoms. The Balaban J connectivity index is 1.98. The number of hydrogen-bond acceptors (Lipinski definition) is 2. The molecule has 4 heteroatoms. The Hall–Kier alpha value is -2.36. The molecule has 3 aromatic rings. The lowest BCUT2D eigenvalue weighted by molar-refractivity contribution is 0.599.